The highest BCUT2D eigenvalue weighted by Gasteiger charge is 2.30. The average molecular weight is 435 g/mol. The molecule has 7 nitrogen and oxygen atoms in total. The van der Waals surface area contributed by atoms with Gasteiger partial charge < -0.3 is 9.47 Å². The number of nitrogens with one attached hydrogen (secondary N) is 1. The molecule has 0 unspecified atom stereocenters. The number of hydrogen-bond acceptors (Lipinski definition) is 5. The van der Waals surface area contributed by atoms with Crippen LogP contribution in [0.2, 0.25) is 0 Å². The van der Waals surface area contributed by atoms with Crippen LogP contribution in [0.5, 0.6) is 5.75 Å². The van der Waals surface area contributed by atoms with Gasteiger partial charge in [-0.1, -0.05) is 0 Å². The van der Waals surface area contributed by atoms with Crippen molar-refractivity contribution in [2.24, 2.45) is 7.05 Å². The van der Waals surface area contributed by atoms with E-state index < -0.39 is 11.7 Å². The number of H-pyrrole nitrogens is 1. The van der Waals surface area contributed by atoms with Crippen molar-refractivity contribution in [3.63, 3.8) is 0 Å². The number of aromatic nitrogens is 4. The van der Waals surface area contributed by atoms with Crippen LogP contribution in [0.1, 0.15) is 28.6 Å². The molecular weight excluding hydrogens is 411 g/mol. The number of aryl methyl sites for hydroxylation is 1. The van der Waals surface area contributed by atoms with Crippen molar-refractivity contribution in [3.05, 3.63) is 65.2 Å². The lowest BCUT2D eigenvalue weighted by Crippen LogP contribution is -2.37. The van der Waals surface area contributed by atoms with Gasteiger partial charge in [0.2, 0.25) is 0 Å². The molecule has 2 aromatic heterocycles. The molecule has 31 heavy (non-hydrogen) atoms. The van der Waals surface area contributed by atoms with E-state index in [-0.39, 0.29) is 6.10 Å². The van der Waals surface area contributed by atoms with Gasteiger partial charge in [0.1, 0.15) is 11.9 Å². The summed E-state index contributed by atoms with van der Waals surface area (Å²) in [6, 6.07) is 6.64. The van der Waals surface area contributed by atoms with Gasteiger partial charge in [-0.15, -0.1) is 0 Å². The standard InChI is InChI=1S/C21H24F3N5O2/c1-28-12-15(11-25-28)13-29-7-9-31-20(14-29)19-10-17(26-27-19)6-8-30-18-4-2-16(3-5-18)21(22,23)24/h2-5,10-12,20H,6-9,13-14H2,1H3,(H,26,27)/t20-/m1/s1. The second kappa shape index (κ2) is 9.11. The summed E-state index contributed by atoms with van der Waals surface area (Å²) in [4.78, 5) is 2.31. The largest absolute Gasteiger partial charge is 0.493 e. The van der Waals surface area contributed by atoms with E-state index in [1.165, 1.54) is 12.1 Å². The van der Waals surface area contributed by atoms with Gasteiger partial charge in [-0.25, -0.2) is 0 Å². The van der Waals surface area contributed by atoms with E-state index in [0.29, 0.717) is 25.4 Å². The van der Waals surface area contributed by atoms with Gasteiger partial charge in [0, 0.05) is 50.6 Å². The molecule has 1 aliphatic heterocycles. The fourth-order valence-corrected chi connectivity index (χ4v) is 3.53. The molecule has 3 heterocycles. The monoisotopic (exact) mass is 435 g/mol. The summed E-state index contributed by atoms with van der Waals surface area (Å²) in [5.41, 5.74) is 2.18. The van der Waals surface area contributed by atoms with Crippen LogP contribution in [-0.2, 0) is 30.9 Å². The lowest BCUT2D eigenvalue weighted by molar-refractivity contribution is -0.137. The third kappa shape index (κ3) is 5.65. The van der Waals surface area contributed by atoms with Crippen LogP contribution < -0.4 is 4.74 Å². The summed E-state index contributed by atoms with van der Waals surface area (Å²) in [6.45, 7) is 3.35. The Balaban J connectivity index is 1.27. The van der Waals surface area contributed by atoms with Crippen molar-refractivity contribution in [3.8, 4) is 5.75 Å². The second-order valence-corrected chi connectivity index (χ2v) is 7.56. The first-order chi connectivity index (χ1) is 14.9. The zero-order valence-corrected chi connectivity index (χ0v) is 17.1. The molecule has 1 fully saturated rings. The Morgan fingerprint density at radius 3 is 2.77 bits per heavy atom. The normalized spacial score (nSPS) is 17.7. The Morgan fingerprint density at radius 1 is 1.26 bits per heavy atom. The van der Waals surface area contributed by atoms with E-state index >= 15 is 0 Å². The lowest BCUT2D eigenvalue weighted by atomic mass is 10.1. The van der Waals surface area contributed by atoms with Gasteiger partial charge in [-0.05, 0) is 30.3 Å². The molecule has 1 atom stereocenters. The van der Waals surface area contributed by atoms with Crippen LogP contribution >= 0.6 is 0 Å². The summed E-state index contributed by atoms with van der Waals surface area (Å²) in [5, 5.41) is 11.6. The van der Waals surface area contributed by atoms with Gasteiger partial charge >= 0.3 is 6.18 Å². The first-order valence-corrected chi connectivity index (χ1v) is 10.0. The minimum absolute atomic E-state index is 0.119. The van der Waals surface area contributed by atoms with E-state index in [2.05, 4.69) is 20.2 Å². The molecule has 1 N–H and O–H groups in total. The third-order valence-electron chi connectivity index (χ3n) is 5.12. The number of ether oxygens (including phenoxy) is 2. The predicted molar refractivity (Wildman–Crippen MR) is 106 cm³/mol. The average Bonchev–Trinajstić information content (AvgIpc) is 3.37. The van der Waals surface area contributed by atoms with E-state index in [1.54, 1.807) is 4.68 Å². The van der Waals surface area contributed by atoms with Crippen LogP contribution in [0.15, 0.2) is 42.7 Å². The number of hydrogen-bond donors (Lipinski definition) is 1. The highest BCUT2D eigenvalue weighted by Crippen LogP contribution is 2.30. The van der Waals surface area contributed by atoms with Gasteiger partial charge in [0.15, 0.2) is 0 Å². The number of halogens is 3. The van der Waals surface area contributed by atoms with Crippen LogP contribution in [0.25, 0.3) is 0 Å². The fourth-order valence-electron chi connectivity index (χ4n) is 3.53. The van der Waals surface area contributed by atoms with Crippen molar-refractivity contribution < 1.29 is 22.6 Å². The molecule has 0 radical (unpaired) electrons. The zero-order valence-electron chi connectivity index (χ0n) is 17.1. The second-order valence-electron chi connectivity index (χ2n) is 7.56. The highest BCUT2D eigenvalue weighted by atomic mass is 19.4. The number of aromatic amines is 1. The molecule has 166 valence electrons. The Morgan fingerprint density at radius 2 is 2.06 bits per heavy atom. The molecular formula is C21H24F3N5O2. The summed E-state index contributed by atoms with van der Waals surface area (Å²) in [7, 11) is 1.90. The summed E-state index contributed by atoms with van der Waals surface area (Å²) in [6.07, 6.45) is -0.0346. The Bertz CT molecular complexity index is 984. The molecule has 1 aliphatic rings. The smallest absolute Gasteiger partial charge is 0.416 e. The molecule has 3 aromatic rings. The topological polar surface area (TPSA) is 68.2 Å². The minimum Gasteiger partial charge on any atom is -0.493 e. The van der Waals surface area contributed by atoms with Crippen molar-refractivity contribution in [2.45, 2.75) is 25.2 Å². The van der Waals surface area contributed by atoms with Crippen LogP contribution in [-0.4, -0.2) is 51.2 Å². The molecule has 1 saturated heterocycles. The molecule has 0 spiro atoms. The van der Waals surface area contributed by atoms with E-state index in [0.717, 1.165) is 48.7 Å². The summed E-state index contributed by atoms with van der Waals surface area (Å²) in [5.74, 6) is 0.398. The number of alkyl halides is 3. The number of nitrogens with zero attached hydrogens (tertiary/aromatic N) is 4. The molecule has 10 heteroatoms. The molecule has 0 amide bonds. The number of morpholine rings is 1. The van der Waals surface area contributed by atoms with Crippen molar-refractivity contribution in [1.82, 2.24) is 24.9 Å². The van der Waals surface area contributed by atoms with E-state index in [4.69, 9.17) is 9.47 Å². The number of benzene rings is 1. The zero-order chi connectivity index (χ0) is 21.8. The number of rotatable bonds is 7. The van der Waals surface area contributed by atoms with Gasteiger partial charge in [0.05, 0.1) is 30.7 Å². The Labute approximate surface area is 177 Å². The third-order valence-corrected chi connectivity index (χ3v) is 5.12. The van der Waals surface area contributed by atoms with Crippen LogP contribution in [0.3, 0.4) is 0 Å². The molecule has 0 saturated carbocycles. The SMILES string of the molecule is Cn1cc(CN2CCO[C@@H](c3cc(CCOc4ccc(C(F)(F)F)cc4)[nH]n3)C2)cn1. The van der Waals surface area contributed by atoms with E-state index in [1.807, 2.05) is 25.5 Å². The first kappa shape index (κ1) is 21.4. The van der Waals surface area contributed by atoms with Crippen molar-refractivity contribution in [2.75, 3.05) is 26.3 Å². The minimum atomic E-state index is -4.35. The van der Waals surface area contributed by atoms with Crippen LogP contribution in [0.4, 0.5) is 13.2 Å². The maximum absolute atomic E-state index is 12.6. The fraction of sp³-hybridized carbons (Fsp3) is 0.429. The molecule has 0 aliphatic carbocycles. The summed E-state index contributed by atoms with van der Waals surface area (Å²) >= 11 is 0. The highest BCUT2D eigenvalue weighted by molar-refractivity contribution is 5.28. The maximum atomic E-state index is 12.6. The van der Waals surface area contributed by atoms with Gasteiger partial charge in [0.25, 0.3) is 0 Å². The van der Waals surface area contributed by atoms with E-state index in [9.17, 15) is 13.2 Å². The maximum Gasteiger partial charge on any atom is 0.416 e. The van der Waals surface area contributed by atoms with Gasteiger partial charge in [-0.2, -0.15) is 23.4 Å². The molecule has 1 aromatic carbocycles. The Kier molecular flexibility index (Phi) is 6.28. The molecule has 0 bridgehead atoms. The Hall–Kier alpha value is -2.85. The van der Waals surface area contributed by atoms with Gasteiger partial charge in [-0.3, -0.25) is 14.7 Å². The van der Waals surface area contributed by atoms with Crippen LogP contribution in [0, 0.1) is 0 Å². The molecule has 4 rings (SSSR count). The van der Waals surface area contributed by atoms with Crippen molar-refractivity contribution in [1.29, 1.82) is 0 Å². The quantitative estimate of drug-likeness (QED) is 0.617. The van der Waals surface area contributed by atoms with Crippen molar-refractivity contribution >= 4 is 0 Å². The summed E-state index contributed by atoms with van der Waals surface area (Å²) < 4.78 is 51.1. The lowest BCUT2D eigenvalue weighted by Gasteiger charge is -2.31. The first-order valence-electron chi connectivity index (χ1n) is 10.0. The predicted octanol–water partition coefficient (Wildman–Crippen LogP) is 3.36.